The smallest absolute Gasteiger partial charge is 0.148 e. The minimum atomic E-state index is -0.591. The van der Waals surface area contributed by atoms with Crippen LogP contribution in [0.5, 0.6) is 11.5 Å². The normalized spacial score (nSPS) is 11.8. The van der Waals surface area contributed by atoms with Crippen LogP contribution in [-0.4, -0.2) is 7.05 Å². The van der Waals surface area contributed by atoms with Crippen LogP contribution in [0.25, 0.3) is 0 Å². The summed E-state index contributed by atoms with van der Waals surface area (Å²) in [5.74, 6) is 0.142. The van der Waals surface area contributed by atoms with Gasteiger partial charge in [0.1, 0.15) is 28.9 Å². The lowest BCUT2D eigenvalue weighted by molar-refractivity contribution is 0.471. The van der Waals surface area contributed by atoms with Crippen molar-refractivity contribution in [1.29, 1.82) is 5.26 Å². The monoisotopic (exact) mass is 348 g/mol. The van der Waals surface area contributed by atoms with Gasteiger partial charge in [-0.05, 0) is 59.7 Å². The summed E-state index contributed by atoms with van der Waals surface area (Å²) in [6, 6.07) is 12.0. The molecule has 0 saturated heterocycles. The topological polar surface area (TPSA) is 45.0 Å². The van der Waals surface area contributed by atoms with E-state index in [2.05, 4.69) is 21.2 Å². The van der Waals surface area contributed by atoms with Gasteiger partial charge in [-0.25, -0.2) is 4.39 Å². The first kappa shape index (κ1) is 15.5. The second kappa shape index (κ2) is 6.70. The van der Waals surface area contributed by atoms with Crippen LogP contribution in [0.1, 0.15) is 24.1 Å². The van der Waals surface area contributed by atoms with Gasteiger partial charge in [-0.15, -0.1) is 0 Å². The van der Waals surface area contributed by atoms with E-state index in [9.17, 15) is 4.39 Å². The van der Waals surface area contributed by atoms with Crippen molar-refractivity contribution in [2.24, 2.45) is 0 Å². The molecule has 2 aromatic carbocycles. The minimum Gasteiger partial charge on any atom is -0.455 e. The van der Waals surface area contributed by atoms with Gasteiger partial charge in [-0.1, -0.05) is 12.1 Å². The third-order valence-electron chi connectivity index (χ3n) is 3.20. The highest BCUT2D eigenvalue weighted by Crippen LogP contribution is 2.33. The largest absolute Gasteiger partial charge is 0.455 e. The Morgan fingerprint density at radius 3 is 2.67 bits per heavy atom. The van der Waals surface area contributed by atoms with Crippen LogP contribution in [0.15, 0.2) is 40.9 Å². The number of ether oxygens (including phenoxy) is 1. The number of nitriles is 1. The Morgan fingerprint density at radius 2 is 2.05 bits per heavy atom. The maximum absolute atomic E-state index is 13.5. The van der Waals surface area contributed by atoms with Crippen LogP contribution in [0, 0.1) is 17.1 Å². The number of nitrogens with one attached hydrogen (secondary N) is 1. The molecule has 0 aliphatic rings. The van der Waals surface area contributed by atoms with E-state index in [1.165, 1.54) is 12.1 Å². The fourth-order valence-electron chi connectivity index (χ4n) is 1.85. The molecule has 2 rings (SSSR count). The van der Waals surface area contributed by atoms with Gasteiger partial charge in [-0.2, -0.15) is 5.26 Å². The number of hydrogen-bond donors (Lipinski definition) is 1. The molecule has 108 valence electrons. The fourth-order valence-corrected chi connectivity index (χ4v) is 2.33. The highest BCUT2D eigenvalue weighted by Gasteiger charge is 2.12. The number of nitrogens with zero attached hydrogens (tertiary/aromatic N) is 1. The first-order valence-electron chi connectivity index (χ1n) is 6.40. The first-order valence-corrected chi connectivity index (χ1v) is 7.19. The summed E-state index contributed by atoms with van der Waals surface area (Å²) in [6.07, 6.45) is 0. The molecular formula is C16H14BrFN2O. The van der Waals surface area contributed by atoms with Crippen molar-refractivity contribution in [3.63, 3.8) is 0 Å². The molecule has 0 radical (unpaired) electrons. The average molecular weight is 349 g/mol. The van der Waals surface area contributed by atoms with E-state index in [-0.39, 0.29) is 17.4 Å². The molecule has 0 aliphatic carbocycles. The van der Waals surface area contributed by atoms with Crippen molar-refractivity contribution in [2.75, 3.05) is 7.05 Å². The van der Waals surface area contributed by atoms with Crippen molar-refractivity contribution >= 4 is 15.9 Å². The zero-order valence-corrected chi connectivity index (χ0v) is 13.2. The quantitative estimate of drug-likeness (QED) is 0.882. The summed E-state index contributed by atoms with van der Waals surface area (Å²) >= 11 is 3.44. The van der Waals surface area contributed by atoms with E-state index < -0.39 is 5.82 Å². The summed E-state index contributed by atoms with van der Waals surface area (Å²) in [4.78, 5) is 0. The Hall–Kier alpha value is -1.90. The number of rotatable bonds is 4. The summed E-state index contributed by atoms with van der Waals surface area (Å²) in [7, 11) is 1.88. The van der Waals surface area contributed by atoms with Crippen molar-refractivity contribution < 1.29 is 9.13 Å². The van der Waals surface area contributed by atoms with E-state index in [0.717, 1.165) is 10.0 Å². The van der Waals surface area contributed by atoms with Gasteiger partial charge in [0.05, 0.1) is 4.47 Å². The molecule has 0 spiro atoms. The Morgan fingerprint density at radius 1 is 1.29 bits per heavy atom. The van der Waals surface area contributed by atoms with Crippen molar-refractivity contribution in [2.45, 2.75) is 13.0 Å². The molecule has 2 aromatic rings. The molecule has 3 nitrogen and oxygen atoms in total. The highest BCUT2D eigenvalue weighted by molar-refractivity contribution is 9.10. The Labute approximate surface area is 131 Å². The van der Waals surface area contributed by atoms with Crippen LogP contribution in [-0.2, 0) is 0 Å². The van der Waals surface area contributed by atoms with Crippen molar-refractivity contribution in [1.82, 2.24) is 5.32 Å². The van der Waals surface area contributed by atoms with E-state index >= 15 is 0 Å². The van der Waals surface area contributed by atoms with E-state index in [4.69, 9.17) is 10.00 Å². The highest BCUT2D eigenvalue weighted by atomic mass is 79.9. The lowest BCUT2D eigenvalue weighted by Crippen LogP contribution is -2.12. The molecule has 0 aliphatic heterocycles. The first-order chi connectivity index (χ1) is 10.1. The predicted octanol–water partition coefficient (Wildman–Crippen LogP) is 4.53. The molecule has 21 heavy (non-hydrogen) atoms. The Balaban J connectivity index is 2.33. The Kier molecular flexibility index (Phi) is 4.94. The van der Waals surface area contributed by atoms with Crippen molar-refractivity contribution in [3.05, 3.63) is 57.8 Å². The zero-order chi connectivity index (χ0) is 15.4. The summed E-state index contributed by atoms with van der Waals surface area (Å²) in [5.41, 5.74) is 0.994. The Bertz CT molecular complexity index is 697. The molecule has 1 N–H and O–H groups in total. The summed E-state index contributed by atoms with van der Waals surface area (Å²) < 4.78 is 19.9. The van der Waals surface area contributed by atoms with E-state index in [1.807, 2.05) is 32.2 Å². The fraction of sp³-hybridized carbons (Fsp3) is 0.188. The second-order valence-corrected chi connectivity index (χ2v) is 5.38. The lowest BCUT2D eigenvalue weighted by atomic mass is 10.1. The van der Waals surface area contributed by atoms with Gasteiger partial charge in [0, 0.05) is 6.04 Å². The van der Waals surface area contributed by atoms with Crippen LogP contribution >= 0.6 is 15.9 Å². The van der Waals surface area contributed by atoms with Crippen LogP contribution in [0.2, 0.25) is 0 Å². The number of hydrogen-bond acceptors (Lipinski definition) is 3. The maximum atomic E-state index is 13.5. The van der Waals surface area contributed by atoms with Gasteiger partial charge < -0.3 is 10.1 Å². The molecule has 0 bridgehead atoms. The van der Waals surface area contributed by atoms with E-state index in [1.54, 1.807) is 12.1 Å². The summed E-state index contributed by atoms with van der Waals surface area (Å²) in [5, 5.41) is 12.2. The van der Waals surface area contributed by atoms with E-state index in [0.29, 0.717) is 5.75 Å². The molecule has 0 amide bonds. The SMILES string of the molecule is CNC(C)c1ccc(Oc2cccc(F)c2C#N)c(Br)c1. The molecule has 1 unspecified atom stereocenters. The second-order valence-electron chi connectivity index (χ2n) is 4.53. The molecule has 0 aromatic heterocycles. The van der Waals surface area contributed by atoms with Crippen LogP contribution in [0.4, 0.5) is 4.39 Å². The molecule has 1 atom stereocenters. The van der Waals surface area contributed by atoms with Gasteiger partial charge in [0.25, 0.3) is 0 Å². The zero-order valence-electron chi connectivity index (χ0n) is 11.7. The molecular weight excluding hydrogens is 335 g/mol. The maximum Gasteiger partial charge on any atom is 0.148 e. The summed E-state index contributed by atoms with van der Waals surface area (Å²) in [6.45, 7) is 2.04. The third kappa shape index (κ3) is 3.41. The molecule has 0 saturated carbocycles. The van der Waals surface area contributed by atoms with Crippen LogP contribution < -0.4 is 10.1 Å². The third-order valence-corrected chi connectivity index (χ3v) is 3.82. The van der Waals surface area contributed by atoms with Gasteiger partial charge in [-0.3, -0.25) is 0 Å². The lowest BCUT2D eigenvalue weighted by Gasteiger charge is -2.14. The van der Waals surface area contributed by atoms with Gasteiger partial charge in [0.15, 0.2) is 0 Å². The van der Waals surface area contributed by atoms with Gasteiger partial charge >= 0.3 is 0 Å². The number of halogens is 2. The molecule has 0 heterocycles. The molecule has 5 heteroatoms. The standard InChI is InChI=1S/C16H14BrFN2O/c1-10(20-2)11-6-7-16(13(17)8-11)21-15-5-3-4-14(18)12(15)9-19/h3-8,10,20H,1-2H3. The van der Waals surface area contributed by atoms with Gasteiger partial charge in [0.2, 0.25) is 0 Å². The number of benzene rings is 2. The predicted molar refractivity (Wildman–Crippen MR) is 82.8 cm³/mol. The average Bonchev–Trinajstić information content (AvgIpc) is 2.48. The minimum absolute atomic E-state index is 0.0999. The van der Waals surface area contributed by atoms with Crippen LogP contribution in [0.3, 0.4) is 0 Å². The molecule has 0 fully saturated rings. The van der Waals surface area contributed by atoms with Crippen molar-refractivity contribution in [3.8, 4) is 17.6 Å².